The number of piperidine rings is 1. The number of likely N-dealkylation sites (tertiary alicyclic amines) is 1. The molecule has 0 radical (unpaired) electrons. The van der Waals surface area contributed by atoms with Crippen LogP contribution < -0.4 is 5.32 Å². The van der Waals surface area contributed by atoms with Crippen molar-refractivity contribution in [2.75, 3.05) is 13.1 Å². The molecular weight excluding hydrogens is 244 g/mol. The highest BCUT2D eigenvalue weighted by Crippen LogP contribution is 2.35. The zero-order valence-corrected chi connectivity index (χ0v) is 11.6. The van der Waals surface area contributed by atoms with Gasteiger partial charge in [0.15, 0.2) is 0 Å². The molecule has 0 spiro atoms. The number of nitrogens with one attached hydrogen (secondary N) is 1. The number of fused-ring (bicyclic) bond motifs is 1. The number of urea groups is 1. The Morgan fingerprint density at radius 2 is 1.95 bits per heavy atom. The highest BCUT2D eigenvalue weighted by Gasteiger charge is 2.35. The topological polar surface area (TPSA) is 69.6 Å². The number of nitrogens with zero attached hydrogens (tertiary/aromatic N) is 1. The first-order valence-electron chi connectivity index (χ1n) is 7.37. The Kier molecular flexibility index (Phi) is 4.66. The van der Waals surface area contributed by atoms with Crippen LogP contribution >= 0.6 is 0 Å². The Morgan fingerprint density at radius 3 is 2.68 bits per heavy atom. The van der Waals surface area contributed by atoms with Crippen molar-refractivity contribution in [3.8, 4) is 0 Å². The van der Waals surface area contributed by atoms with Crippen molar-refractivity contribution in [1.29, 1.82) is 0 Å². The highest BCUT2D eigenvalue weighted by atomic mass is 16.4. The molecule has 0 bridgehead atoms. The lowest BCUT2D eigenvalue weighted by Crippen LogP contribution is -2.53. The van der Waals surface area contributed by atoms with Crippen LogP contribution in [0.1, 0.15) is 45.4 Å². The Balaban J connectivity index is 1.88. The Morgan fingerprint density at radius 1 is 1.26 bits per heavy atom. The van der Waals surface area contributed by atoms with Gasteiger partial charge in [0.2, 0.25) is 0 Å². The van der Waals surface area contributed by atoms with Crippen molar-refractivity contribution in [2.24, 2.45) is 11.8 Å². The van der Waals surface area contributed by atoms with Gasteiger partial charge in [-0.3, -0.25) is 4.79 Å². The van der Waals surface area contributed by atoms with Crippen LogP contribution in [0.4, 0.5) is 4.79 Å². The van der Waals surface area contributed by atoms with E-state index in [1.165, 1.54) is 25.7 Å². The number of aliphatic carboxylic acids is 1. The quantitative estimate of drug-likeness (QED) is 0.823. The van der Waals surface area contributed by atoms with Gasteiger partial charge in [0.05, 0.1) is 5.92 Å². The maximum absolute atomic E-state index is 12.2. The second-order valence-electron chi connectivity index (χ2n) is 5.87. The molecule has 0 aromatic rings. The van der Waals surface area contributed by atoms with E-state index in [4.69, 9.17) is 5.11 Å². The summed E-state index contributed by atoms with van der Waals surface area (Å²) in [6.07, 6.45) is 7.14. The van der Waals surface area contributed by atoms with Crippen LogP contribution in [-0.4, -0.2) is 41.1 Å². The van der Waals surface area contributed by atoms with Crippen molar-refractivity contribution in [3.05, 3.63) is 0 Å². The normalized spacial score (nSPS) is 28.4. The molecule has 1 aliphatic heterocycles. The van der Waals surface area contributed by atoms with E-state index in [1.54, 1.807) is 6.92 Å². The van der Waals surface area contributed by atoms with Crippen molar-refractivity contribution >= 4 is 12.0 Å². The first-order valence-corrected chi connectivity index (χ1v) is 7.37. The molecule has 5 heteroatoms. The van der Waals surface area contributed by atoms with Crippen LogP contribution in [0.3, 0.4) is 0 Å². The highest BCUT2D eigenvalue weighted by molar-refractivity contribution is 5.76. The summed E-state index contributed by atoms with van der Waals surface area (Å²) in [5.74, 6) is -0.740. The van der Waals surface area contributed by atoms with E-state index in [1.807, 2.05) is 4.90 Å². The number of rotatable bonds is 3. The Bertz CT molecular complexity index is 344. The summed E-state index contributed by atoms with van der Waals surface area (Å²) in [5.41, 5.74) is 0. The van der Waals surface area contributed by atoms with Crippen molar-refractivity contribution in [3.63, 3.8) is 0 Å². The fourth-order valence-corrected chi connectivity index (χ4v) is 3.31. The lowest BCUT2D eigenvalue weighted by Gasteiger charge is -2.44. The molecular formula is C14H24N2O3. The molecule has 1 saturated heterocycles. The molecule has 2 rings (SSSR count). The van der Waals surface area contributed by atoms with Crippen molar-refractivity contribution in [2.45, 2.75) is 51.5 Å². The smallest absolute Gasteiger partial charge is 0.317 e. The van der Waals surface area contributed by atoms with E-state index in [2.05, 4.69) is 5.32 Å². The summed E-state index contributed by atoms with van der Waals surface area (Å²) in [5, 5.41) is 11.6. The average Bonchev–Trinajstić information content (AvgIpc) is 2.43. The van der Waals surface area contributed by atoms with E-state index < -0.39 is 11.9 Å². The van der Waals surface area contributed by atoms with Gasteiger partial charge in [-0.05, 0) is 31.6 Å². The molecule has 2 fully saturated rings. The standard InChI is InChI=1S/C14H24N2O3/c1-10(13(17)18)9-15-14(19)16-8-4-6-11-5-2-3-7-12(11)16/h10-12H,2-9H2,1H3,(H,15,19)(H,17,18). The molecule has 2 N–H and O–H groups in total. The van der Waals surface area contributed by atoms with E-state index in [0.29, 0.717) is 12.0 Å². The van der Waals surface area contributed by atoms with Gasteiger partial charge >= 0.3 is 12.0 Å². The number of carbonyl (C=O) groups is 2. The van der Waals surface area contributed by atoms with Crippen LogP contribution in [0, 0.1) is 11.8 Å². The summed E-state index contributed by atoms with van der Waals surface area (Å²) < 4.78 is 0. The fourth-order valence-electron chi connectivity index (χ4n) is 3.31. The molecule has 0 aromatic heterocycles. The predicted molar refractivity (Wildman–Crippen MR) is 71.9 cm³/mol. The summed E-state index contributed by atoms with van der Waals surface area (Å²) in [7, 11) is 0. The minimum Gasteiger partial charge on any atom is -0.481 e. The molecule has 5 nitrogen and oxygen atoms in total. The zero-order chi connectivity index (χ0) is 13.8. The molecule has 1 aliphatic carbocycles. The van der Waals surface area contributed by atoms with Gasteiger partial charge in [0.25, 0.3) is 0 Å². The maximum Gasteiger partial charge on any atom is 0.317 e. The van der Waals surface area contributed by atoms with Crippen LogP contribution in [0.5, 0.6) is 0 Å². The second-order valence-corrected chi connectivity index (χ2v) is 5.87. The lowest BCUT2D eigenvalue weighted by atomic mass is 9.78. The zero-order valence-electron chi connectivity index (χ0n) is 11.6. The van der Waals surface area contributed by atoms with Crippen LogP contribution in [0.25, 0.3) is 0 Å². The number of carboxylic acid groups (broad SMARTS) is 1. The molecule has 3 unspecified atom stereocenters. The fraction of sp³-hybridized carbons (Fsp3) is 0.857. The Hall–Kier alpha value is -1.26. The molecule has 19 heavy (non-hydrogen) atoms. The number of hydrogen-bond donors (Lipinski definition) is 2. The molecule has 3 atom stereocenters. The van der Waals surface area contributed by atoms with Crippen molar-refractivity contribution < 1.29 is 14.7 Å². The van der Waals surface area contributed by atoms with E-state index in [9.17, 15) is 9.59 Å². The number of hydrogen-bond acceptors (Lipinski definition) is 2. The summed E-state index contributed by atoms with van der Waals surface area (Å²) in [6, 6.07) is 0.298. The minimum atomic E-state index is -0.866. The molecule has 108 valence electrons. The Labute approximate surface area is 114 Å². The molecule has 1 saturated carbocycles. The SMILES string of the molecule is CC(CNC(=O)N1CCCC2CCCCC21)C(=O)O. The van der Waals surface area contributed by atoms with E-state index in [0.717, 1.165) is 19.4 Å². The van der Waals surface area contributed by atoms with Gasteiger partial charge in [-0.25, -0.2) is 4.79 Å². The third-order valence-electron chi connectivity index (χ3n) is 4.49. The van der Waals surface area contributed by atoms with Crippen LogP contribution in [0.2, 0.25) is 0 Å². The monoisotopic (exact) mass is 268 g/mol. The summed E-state index contributed by atoms with van der Waals surface area (Å²) >= 11 is 0. The number of carboxylic acids is 1. The molecule has 1 heterocycles. The largest absolute Gasteiger partial charge is 0.481 e. The lowest BCUT2D eigenvalue weighted by molar-refractivity contribution is -0.140. The summed E-state index contributed by atoms with van der Waals surface area (Å²) in [6.45, 7) is 2.64. The van der Waals surface area contributed by atoms with Crippen LogP contribution in [-0.2, 0) is 4.79 Å². The maximum atomic E-state index is 12.2. The van der Waals surface area contributed by atoms with Crippen LogP contribution in [0.15, 0.2) is 0 Å². The van der Waals surface area contributed by atoms with Gasteiger partial charge in [0.1, 0.15) is 0 Å². The second kappa shape index (κ2) is 6.26. The number of carbonyl (C=O) groups excluding carboxylic acids is 1. The van der Waals surface area contributed by atoms with Gasteiger partial charge in [-0.1, -0.05) is 19.8 Å². The predicted octanol–water partition coefficient (Wildman–Crippen LogP) is 2.07. The first-order chi connectivity index (χ1) is 9.09. The molecule has 0 aromatic carbocycles. The van der Waals surface area contributed by atoms with E-state index >= 15 is 0 Å². The third kappa shape index (κ3) is 3.39. The van der Waals surface area contributed by atoms with Gasteiger partial charge in [-0.2, -0.15) is 0 Å². The third-order valence-corrected chi connectivity index (χ3v) is 4.49. The average molecular weight is 268 g/mol. The summed E-state index contributed by atoms with van der Waals surface area (Å²) in [4.78, 5) is 24.9. The van der Waals surface area contributed by atoms with Gasteiger partial charge in [0, 0.05) is 19.1 Å². The number of amides is 2. The van der Waals surface area contributed by atoms with Gasteiger partial charge < -0.3 is 15.3 Å². The van der Waals surface area contributed by atoms with Crippen molar-refractivity contribution in [1.82, 2.24) is 10.2 Å². The van der Waals surface area contributed by atoms with Gasteiger partial charge in [-0.15, -0.1) is 0 Å². The minimum absolute atomic E-state index is 0.0790. The molecule has 2 aliphatic rings. The molecule has 2 amide bonds. The first kappa shape index (κ1) is 14.2. The van der Waals surface area contributed by atoms with E-state index in [-0.39, 0.29) is 12.6 Å².